The zero-order valence-corrected chi connectivity index (χ0v) is 19.3. The molecule has 1 heterocycles. The van der Waals surface area contributed by atoms with Gasteiger partial charge in [-0.2, -0.15) is 0 Å². The minimum atomic E-state index is -3.60. The zero-order chi connectivity index (χ0) is 23.3. The van der Waals surface area contributed by atoms with Crippen LogP contribution in [0.2, 0.25) is 0 Å². The van der Waals surface area contributed by atoms with Gasteiger partial charge in [0.2, 0.25) is 10.0 Å². The van der Waals surface area contributed by atoms with Crippen molar-refractivity contribution in [2.75, 3.05) is 0 Å². The number of rotatable bonds is 9. The van der Waals surface area contributed by atoms with Gasteiger partial charge in [0.25, 0.3) is 5.91 Å². The first-order valence-electron chi connectivity index (χ1n) is 10.2. The van der Waals surface area contributed by atoms with Crippen molar-refractivity contribution in [3.05, 3.63) is 76.7 Å². The Morgan fingerprint density at radius 3 is 2.56 bits per heavy atom. The number of hydrogen-bond acceptors (Lipinski definition) is 6. The van der Waals surface area contributed by atoms with Crippen LogP contribution in [0.15, 0.2) is 57.9 Å². The number of nitrogens with zero attached hydrogens (tertiary/aromatic N) is 1. The van der Waals surface area contributed by atoms with E-state index >= 15 is 0 Å². The molecule has 32 heavy (non-hydrogen) atoms. The molecule has 0 aliphatic rings. The smallest absolute Gasteiger partial charge is 0.251 e. The van der Waals surface area contributed by atoms with E-state index in [2.05, 4.69) is 15.2 Å². The third-order valence-corrected chi connectivity index (χ3v) is 6.37. The highest BCUT2D eigenvalue weighted by Gasteiger charge is 2.16. The normalized spacial score (nSPS) is 11.5. The Balaban J connectivity index is 1.63. The summed E-state index contributed by atoms with van der Waals surface area (Å²) in [6.07, 6.45) is 0. The SMILES string of the molecule is Cc1noc(C)c1COc1cccc(C(=O)NCc2cccc(S(=O)(=O)NC(C)C)c2)c1. The molecule has 0 aliphatic carbocycles. The average Bonchev–Trinajstić information content (AvgIpc) is 3.07. The van der Waals surface area contributed by atoms with Crippen LogP contribution < -0.4 is 14.8 Å². The van der Waals surface area contributed by atoms with Crippen molar-refractivity contribution in [1.82, 2.24) is 15.2 Å². The van der Waals surface area contributed by atoms with Crippen LogP contribution in [0.5, 0.6) is 5.75 Å². The van der Waals surface area contributed by atoms with Gasteiger partial charge in [0.05, 0.1) is 16.2 Å². The quantitative estimate of drug-likeness (QED) is 0.509. The van der Waals surface area contributed by atoms with E-state index in [0.717, 1.165) is 11.3 Å². The fraction of sp³-hybridized carbons (Fsp3) is 0.304. The number of aromatic nitrogens is 1. The first kappa shape index (κ1) is 23.5. The Hall–Kier alpha value is -3.17. The van der Waals surface area contributed by atoms with Gasteiger partial charge in [-0.3, -0.25) is 4.79 Å². The van der Waals surface area contributed by atoms with E-state index in [-0.39, 0.29) is 30.0 Å². The van der Waals surface area contributed by atoms with E-state index < -0.39 is 10.0 Å². The lowest BCUT2D eigenvalue weighted by Crippen LogP contribution is -2.30. The van der Waals surface area contributed by atoms with Crippen LogP contribution in [0.3, 0.4) is 0 Å². The maximum absolute atomic E-state index is 12.6. The van der Waals surface area contributed by atoms with E-state index in [9.17, 15) is 13.2 Å². The van der Waals surface area contributed by atoms with E-state index in [1.807, 2.05) is 13.8 Å². The number of hydrogen-bond donors (Lipinski definition) is 2. The maximum Gasteiger partial charge on any atom is 0.251 e. The molecular weight excluding hydrogens is 430 g/mol. The molecule has 0 unspecified atom stereocenters. The summed E-state index contributed by atoms with van der Waals surface area (Å²) in [7, 11) is -3.60. The predicted octanol–water partition coefficient (Wildman–Crippen LogP) is 3.49. The molecule has 2 aromatic carbocycles. The minimum Gasteiger partial charge on any atom is -0.489 e. The van der Waals surface area contributed by atoms with E-state index in [1.54, 1.807) is 56.3 Å². The van der Waals surface area contributed by atoms with Crippen LogP contribution in [-0.2, 0) is 23.2 Å². The van der Waals surface area contributed by atoms with E-state index in [0.29, 0.717) is 22.6 Å². The summed E-state index contributed by atoms with van der Waals surface area (Å²) >= 11 is 0. The summed E-state index contributed by atoms with van der Waals surface area (Å²) in [5.41, 5.74) is 2.76. The number of ether oxygens (including phenoxy) is 1. The number of aryl methyl sites for hydroxylation is 2. The molecule has 0 aliphatic heterocycles. The largest absolute Gasteiger partial charge is 0.489 e. The zero-order valence-electron chi connectivity index (χ0n) is 18.5. The summed E-state index contributed by atoms with van der Waals surface area (Å²) in [6, 6.07) is 13.1. The van der Waals surface area contributed by atoms with Crippen molar-refractivity contribution in [3.8, 4) is 5.75 Å². The van der Waals surface area contributed by atoms with Crippen LogP contribution in [0, 0.1) is 13.8 Å². The third-order valence-electron chi connectivity index (χ3n) is 4.71. The predicted molar refractivity (Wildman–Crippen MR) is 120 cm³/mol. The number of nitrogens with one attached hydrogen (secondary N) is 2. The van der Waals surface area contributed by atoms with Gasteiger partial charge in [-0.1, -0.05) is 23.4 Å². The lowest BCUT2D eigenvalue weighted by molar-refractivity contribution is 0.0950. The molecule has 1 amide bonds. The van der Waals surface area contributed by atoms with E-state index in [1.165, 1.54) is 6.07 Å². The monoisotopic (exact) mass is 457 g/mol. The van der Waals surface area contributed by atoms with Crippen molar-refractivity contribution in [3.63, 3.8) is 0 Å². The molecule has 170 valence electrons. The van der Waals surface area contributed by atoms with E-state index in [4.69, 9.17) is 9.26 Å². The molecule has 0 atom stereocenters. The van der Waals surface area contributed by atoms with Gasteiger partial charge in [0.15, 0.2) is 0 Å². The molecule has 3 aromatic rings. The number of benzene rings is 2. The number of carbonyl (C=O) groups is 1. The van der Waals surface area contributed by atoms with Crippen molar-refractivity contribution in [2.45, 2.75) is 51.8 Å². The molecule has 9 heteroatoms. The van der Waals surface area contributed by atoms with Crippen LogP contribution in [0.1, 0.15) is 46.8 Å². The molecule has 8 nitrogen and oxygen atoms in total. The fourth-order valence-corrected chi connectivity index (χ4v) is 4.40. The topological polar surface area (TPSA) is 111 Å². The Morgan fingerprint density at radius 1 is 1.12 bits per heavy atom. The van der Waals surface area contributed by atoms with Crippen LogP contribution in [-0.4, -0.2) is 25.5 Å². The fourth-order valence-electron chi connectivity index (χ4n) is 3.08. The van der Waals surface area contributed by atoms with Crippen molar-refractivity contribution in [2.24, 2.45) is 0 Å². The van der Waals surface area contributed by atoms with Gasteiger partial charge >= 0.3 is 0 Å². The molecule has 0 fully saturated rings. The molecule has 0 saturated heterocycles. The number of amides is 1. The lowest BCUT2D eigenvalue weighted by Gasteiger charge is -2.11. The van der Waals surface area contributed by atoms with Crippen molar-refractivity contribution >= 4 is 15.9 Å². The second-order valence-corrected chi connectivity index (χ2v) is 9.44. The number of sulfonamides is 1. The highest BCUT2D eigenvalue weighted by molar-refractivity contribution is 7.89. The average molecular weight is 458 g/mol. The molecule has 0 bridgehead atoms. The highest BCUT2D eigenvalue weighted by Crippen LogP contribution is 2.19. The summed E-state index contributed by atoms with van der Waals surface area (Å²) in [5, 5.41) is 6.72. The molecule has 0 saturated carbocycles. The first-order chi connectivity index (χ1) is 15.2. The second kappa shape index (κ2) is 9.97. The summed E-state index contributed by atoms with van der Waals surface area (Å²) < 4.78 is 38.2. The Bertz CT molecular complexity index is 1180. The Labute approximate surface area is 188 Å². The standard InChI is InChI=1S/C23H27N3O5S/c1-15(2)26-32(28,29)21-10-5-7-18(11-21)13-24-23(27)19-8-6-9-20(12-19)30-14-22-16(3)25-31-17(22)4/h5-12,15,26H,13-14H2,1-4H3,(H,24,27). The van der Waals surface area contributed by atoms with Crippen molar-refractivity contribution < 1.29 is 22.5 Å². The van der Waals surface area contributed by atoms with Gasteiger partial charge in [0, 0.05) is 18.2 Å². The maximum atomic E-state index is 12.6. The third kappa shape index (κ3) is 5.95. The minimum absolute atomic E-state index is 0.160. The van der Waals surface area contributed by atoms with Crippen LogP contribution in [0.25, 0.3) is 0 Å². The summed E-state index contributed by atoms with van der Waals surface area (Å²) in [5.74, 6) is 0.955. The summed E-state index contributed by atoms with van der Waals surface area (Å²) in [4.78, 5) is 12.8. The molecule has 1 aromatic heterocycles. The van der Waals surface area contributed by atoms with Gasteiger partial charge in [0.1, 0.15) is 18.1 Å². The Kier molecular flexibility index (Phi) is 7.32. The molecule has 3 rings (SSSR count). The Morgan fingerprint density at radius 2 is 1.88 bits per heavy atom. The second-order valence-electron chi connectivity index (χ2n) is 7.73. The summed E-state index contributed by atoms with van der Waals surface area (Å²) in [6.45, 7) is 7.66. The van der Waals surface area contributed by atoms with Gasteiger partial charge in [-0.25, -0.2) is 13.1 Å². The first-order valence-corrected chi connectivity index (χ1v) is 11.7. The van der Waals surface area contributed by atoms with Gasteiger partial charge in [-0.05, 0) is 63.6 Å². The molecule has 0 radical (unpaired) electrons. The van der Waals surface area contributed by atoms with Crippen LogP contribution in [0.4, 0.5) is 0 Å². The highest BCUT2D eigenvalue weighted by atomic mass is 32.2. The molecular formula is C23H27N3O5S. The number of carbonyl (C=O) groups excluding carboxylic acids is 1. The van der Waals surface area contributed by atoms with Crippen molar-refractivity contribution in [1.29, 1.82) is 0 Å². The van der Waals surface area contributed by atoms with Gasteiger partial charge in [-0.15, -0.1) is 0 Å². The lowest BCUT2D eigenvalue weighted by atomic mass is 10.2. The molecule has 0 spiro atoms. The van der Waals surface area contributed by atoms with Gasteiger partial charge < -0.3 is 14.6 Å². The van der Waals surface area contributed by atoms with Crippen LogP contribution >= 0.6 is 0 Å². The molecule has 2 N–H and O–H groups in total.